The van der Waals surface area contributed by atoms with Crippen LogP contribution in [0.25, 0.3) is 0 Å². The number of nitrogens with one attached hydrogen (secondary N) is 1. The predicted octanol–water partition coefficient (Wildman–Crippen LogP) is 0.948. The summed E-state index contributed by atoms with van der Waals surface area (Å²) in [5.74, 6) is 0.286. The van der Waals surface area contributed by atoms with Gasteiger partial charge in [0.05, 0.1) is 12.9 Å². The number of aromatic nitrogens is 2. The van der Waals surface area contributed by atoms with Gasteiger partial charge in [-0.3, -0.25) is 4.79 Å². The lowest BCUT2D eigenvalue weighted by Gasteiger charge is -2.05. The van der Waals surface area contributed by atoms with E-state index in [1.165, 1.54) is 6.33 Å². The molecule has 0 amide bonds. The van der Waals surface area contributed by atoms with Crippen LogP contribution in [0.4, 0.5) is 0 Å². The molecule has 0 bridgehead atoms. The Morgan fingerprint density at radius 1 is 1.57 bits per heavy atom. The monoisotopic (exact) mass is 262 g/mol. The lowest BCUT2D eigenvalue weighted by Crippen LogP contribution is -2.12. The standard InChI is InChI=1S/C8H11BrN2O3/c1-2-13-3-4-14-8-6(9)7(12)10-5-11-8/h5H,2-4H2,1H3,(H,10,11,12). The Balaban J connectivity index is 2.51. The number of aromatic amines is 1. The highest BCUT2D eigenvalue weighted by atomic mass is 79.9. The molecule has 0 atom stereocenters. The largest absolute Gasteiger partial charge is 0.474 e. The van der Waals surface area contributed by atoms with Gasteiger partial charge >= 0.3 is 0 Å². The summed E-state index contributed by atoms with van der Waals surface area (Å²) in [7, 11) is 0. The van der Waals surface area contributed by atoms with E-state index in [0.717, 1.165) is 0 Å². The van der Waals surface area contributed by atoms with Crippen molar-refractivity contribution in [2.75, 3.05) is 19.8 Å². The third-order valence-corrected chi connectivity index (χ3v) is 2.13. The molecule has 1 N–H and O–H groups in total. The number of nitrogens with zero attached hydrogens (tertiary/aromatic N) is 1. The number of hydrogen-bond donors (Lipinski definition) is 1. The molecule has 6 heteroatoms. The van der Waals surface area contributed by atoms with E-state index in [4.69, 9.17) is 9.47 Å². The highest BCUT2D eigenvalue weighted by molar-refractivity contribution is 9.10. The van der Waals surface area contributed by atoms with E-state index in [9.17, 15) is 4.79 Å². The van der Waals surface area contributed by atoms with Gasteiger partial charge in [-0.1, -0.05) is 0 Å². The van der Waals surface area contributed by atoms with E-state index >= 15 is 0 Å². The summed E-state index contributed by atoms with van der Waals surface area (Å²) in [4.78, 5) is 17.3. The second kappa shape index (κ2) is 5.77. The van der Waals surface area contributed by atoms with Gasteiger partial charge in [0.1, 0.15) is 11.1 Å². The summed E-state index contributed by atoms with van der Waals surface area (Å²) in [5, 5.41) is 0. The van der Waals surface area contributed by atoms with Gasteiger partial charge in [0.25, 0.3) is 5.56 Å². The molecular weight excluding hydrogens is 252 g/mol. The van der Waals surface area contributed by atoms with Crippen LogP contribution in [0, 0.1) is 0 Å². The predicted molar refractivity (Wildman–Crippen MR) is 54.5 cm³/mol. The van der Waals surface area contributed by atoms with E-state index in [1.54, 1.807) is 0 Å². The second-order valence-corrected chi connectivity index (χ2v) is 3.19. The van der Waals surface area contributed by atoms with Gasteiger partial charge in [-0.05, 0) is 22.9 Å². The van der Waals surface area contributed by atoms with Crippen LogP contribution in [0.5, 0.6) is 5.88 Å². The van der Waals surface area contributed by atoms with Crippen LogP contribution in [0.1, 0.15) is 6.92 Å². The number of rotatable bonds is 5. The maximum absolute atomic E-state index is 11.1. The smallest absolute Gasteiger partial charge is 0.268 e. The number of ether oxygens (including phenoxy) is 2. The van der Waals surface area contributed by atoms with Crippen LogP contribution in [0.3, 0.4) is 0 Å². The Bertz CT molecular complexity index is 340. The van der Waals surface area contributed by atoms with Gasteiger partial charge in [0, 0.05) is 6.61 Å². The number of halogens is 1. The first-order valence-electron chi connectivity index (χ1n) is 4.19. The van der Waals surface area contributed by atoms with Crippen molar-refractivity contribution in [2.45, 2.75) is 6.92 Å². The van der Waals surface area contributed by atoms with Gasteiger partial charge in [-0.15, -0.1) is 0 Å². The second-order valence-electron chi connectivity index (χ2n) is 2.40. The lowest BCUT2D eigenvalue weighted by molar-refractivity contribution is 0.108. The van der Waals surface area contributed by atoms with E-state index in [-0.39, 0.29) is 11.4 Å². The van der Waals surface area contributed by atoms with E-state index in [2.05, 4.69) is 25.9 Å². The molecule has 78 valence electrons. The fraction of sp³-hybridized carbons (Fsp3) is 0.500. The third kappa shape index (κ3) is 3.12. The van der Waals surface area contributed by atoms with Gasteiger partial charge in [-0.2, -0.15) is 0 Å². The molecule has 0 aromatic carbocycles. The molecule has 0 saturated carbocycles. The Hall–Kier alpha value is -0.880. The lowest BCUT2D eigenvalue weighted by atomic mass is 10.6. The summed E-state index contributed by atoms with van der Waals surface area (Å²) in [6.07, 6.45) is 1.29. The van der Waals surface area contributed by atoms with Crippen molar-refractivity contribution in [3.05, 3.63) is 21.2 Å². The van der Waals surface area contributed by atoms with Crippen molar-refractivity contribution >= 4 is 15.9 Å². The van der Waals surface area contributed by atoms with Gasteiger partial charge in [-0.25, -0.2) is 4.98 Å². The summed E-state index contributed by atoms with van der Waals surface area (Å²) >= 11 is 3.08. The molecule has 0 aliphatic heterocycles. The molecule has 0 unspecified atom stereocenters. The minimum absolute atomic E-state index is 0.258. The van der Waals surface area contributed by atoms with Gasteiger partial charge in [0.2, 0.25) is 5.88 Å². The van der Waals surface area contributed by atoms with Gasteiger partial charge in [0.15, 0.2) is 0 Å². The average molecular weight is 263 g/mol. The molecular formula is C8H11BrN2O3. The Morgan fingerprint density at radius 2 is 2.36 bits per heavy atom. The van der Waals surface area contributed by atoms with Crippen LogP contribution in [0.2, 0.25) is 0 Å². The van der Waals surface area contributed by atoms with Crippen molar-refractivity contribution in [1.82, 2.24) is 9.97 Å². The van der Waals surface area contributed by atoms with Crippen molar-refractivity contribution in [1.29, 1.82) is 0 Å². The van der Waals surface area contributed by atoms with Gasteiger partial charge < -0.3 is 14.5 Å². The maximum Gasteiger partial charge on any atom is 0.268 e. The number of hydrogen-bond acceptors (Lipinski definition) is 4. The fourth-order valence-electron chi connectivity index (χ4n) is 0.809. The molecule has 0 aliphatic carbocycles. The van der Waals surface area contributed by atoms with Crippen LogP contribution in [0.15, 0.2) is 15.6 Å². The van der Waals surface area contributed by atoms with Crippen LogP contribution < -0.4 is 10.3 Å². The Kier molecular flexibility index (Phi) is 4.61. The number of H-pyrrole nitrogens is 1. The molecule has 0 fully saturated rings. The third-order valence-electron chi connectivity index (χ3n) is 1.44. The zero-order valence-electron chi connectivity index (χ0n) is 7.75. The van der Waals surface area contributed by atoms with Crippen LogP contribution >= 0.6 is 15.9 Å². The Morgan fingerprint density at radius 3 is 3.07 bits per heavy atom. The first-order valence-corrected chi connectivity index (χ1v) is 4.98. The summed E-state index contributed by atoms with van der Waals surface area (Å²) in [5.41, 5.74) is -0.258. The van der Waals surface area contributed by atoms with Crippen molar-refractivity contribution in [3.63, 3.8) is 0 Å². The minimum atomic E-state index is -0.258. The molecule has 1 aromatic rings. The topological polar surface area (TPSA) is 64.2 Å². The molecule has 1 aromatic heterocycles. The highest BCUT2D eigenvalue weighted by Gasteiger charge is 2.05. The zero-order chi connectivity index (χ0) is 10.4. The molecule has 0 aliphatic rings. The molecule has 14 heavy (non-hydrogen) atoms. The summed E-state index contributed by atoms with van der Waals surface area (Å²) in [6, 6.07) is 0. The molecule has 5 nitrogen and oxygen atoms in total. The zero-order valence-corrected chi connectivity index (χ0v) is 9.33. The summed E-state index contributed by atoms with van der Waals surface area (Å²) in [6.45, 7) is 3.41. The van der Waals surface area contributed by atoms with Crippen LogP contribution in [-0.2, 0) is 4.74 Å². The van der Waals surface area contributed by atoms with Crippen LogP contribution in [-0.4, -0.2) is 29.8 Å². The van der Waals surface area contributed by atoms with E-state index < -0.39 is 0 Å². The average Bonchev–Trinajstić information content (AvgIpc) is 2.19. The van der Waals surface area contributed by atoms with Crippen molar-refractivity contribution in [3.8, 4) is 5.88 Å². The quantitative estimate of drug-likeness (QED) is 0.803. The van der Waals surface area contributed by atoms with Crippen molar-refractivity contribution < 1.29 is 9.47 Å². The highest BCUT2D eigenvalue weighted by Crippen LogP contribution is 2.15. The normalized spacial score (nSPS) is 10.1. The minimum Gasteiger partial charge on any atom is -0.474 e. The molecule has 0 saturated heterocycles. The van der Waals surface area contributed by atoms with E-state index in [1.807, 2.05) is 6.92 Å². The fourth-order valence-corrected chi connectivity index (χ4v) is 1.14. The molecule has 1 rings (SSSR count). The molecule has 1 heterocycles. The Labute approximate surface area is 89.6 Å². The first kappa shape index (κ1) is 11.2. The SMILES string of the molecule is CCOCCOc1nc[nH]c(=O)c1Br. The van der Waals surface area contributed by atoms with Crippen molar-refractivity contribution in [2.24, 2.45) is 0 Å². The molecule has 0 spiro atoms. The first-order chi connectivity index (χ1) is 6.75. The van der Waals surface area contributed by atoms with E-state index in [0.29, 0.717) is 24.3 Å². The summed E-state index contributed by atoms with van der Waals surface area (Å²) < 4.78 is 10.6. The molecule has 0 radical (unpaired) electrons. The maximum atomic E-state index is 11.1.